The van der Waals surface area contributed by atoms with Crippen LogP contribution in [0.25, 0.3) is 31.1 Å². The second kappa shape index (κ2) is 20.1. The van der Waals surface area contributed by atoms with Crippen molar-refractivity contribution in [1.82, 2.24) is 4.57 Å². The van der Waals surface area contributed by atoms with Gasteiger partial charge in [-0.3, -0.25) is 9.59 Å². The van der Waals surface area contributed by atoms with Gasteiger partial charge in [0.2, 0.25) is 0 Å². The number of para-hydroxylation sites is 2. The van der Waals surface area contributed by atoms with E-state index in [1.807, 2.05) is 194 Å². The van der Waals surface area contributed by atoms with Gasteiger partial charge in [0.05, 0.1) is 20.8 Å². The van der Waals surface area contributed by atoms with Crippen molar-refractivity contribution in [3.8, 4) is 17.2 Å². The van der Waals surface area contributed by atoms with Gasteiger partial charge in [0, 0.05) is 98.5 Å². The van der Waals surface area contributed by atoms with Crippen molar-refractivity contribution in [1.29, 1.82) is 0 Å². The van der Waals surface area contributed by atoms with Crippen LogP contribution in [0.5, 0.6) is 17.2 Å². The predicted octanol–water partition coefficient (Wildman–Crippen LogP) is 11.1. The van der Waals surface area contributed by atoms with Crippen LogP contribution >= 0.6 is 25.6 Å². The number of carbonyl (C=O) groups is 1. The number of pyridine rings is 1. The molecule has 0 saturated carbocycles. The molecule has 10 rings (SSSR count). The fourth-order valence-electron chi connectivity index (χ4n) is 8.28. The third-order valence-corrected chi connectivity index (χ3v) is 18.8. The third-order valence-electron chi connectivity index (χ3n) is 11.5. The Kier molecular flexibility index (Phi) is 14.4. The predicted molar refractivity (Wildman–Crippen MR) is 266 cm³/mol. The Morgan fingerprint density at radius 2 is 0.926 bits per heavy atom. The van der Waals surface area contributed by atoms with Gasteiger partial charge in [0.25, 0.3) is 11.3 Å². The molecule has 0 aliphatic rings. The Bertz CT molecular complexity index is 3400. The number of thiophene rings is 1. The summed E-state index contributed by atoms with van der Waals surface area (Å²) in [7, 11) is -5.34. The van der Waals surface area contributed by atoms with E-state index < -0.39 is 43.1 Å². The first kappa shape index (κ1) is 48.7. The standard InChI is InChI=1S/C36H28O3P2.C18H10F3NO3S.Eu/c37-40(29-17-5-1-6-18-29,30-19-7-2-8-20-30)35-27-15-13-25-33(35)39-34-26-14-16-28-36(34)41(38,31-21-9-3-10-22-31)32-23-11-4-12-24-32;1-22-13-10(14(23)12(17(22)25)16(24)18(19,20)21)7-6-9-8-4-2-3-5-11(8)26-15(9)13;/h1-28H;2-7,23H,1H3;. The van der Waals surface area contributed by atoms with Crippen LogP contribution in [0.1, 0.15) is 10.4 Å². The molecule has 0 atom stereocenters. The number of aromatic hydroxyl groups is 1. The molecule has 0 aliphatic heterocycles. The number of hydrogen-bond donors (Lipinski definition) is 1. The number of nitrogens with zero attached hydrogens (tertiary/aromatic N) is 1. The first-order chi connectivity index (χ1) is 32.3. The number of halogens is 3. The zero-order valence-electron chi connectivity index (χ0n) is 35.9. The Balaban J connectivity index is 0.000000200. The SMILES string of the molecule is Cn1c(=O)c(C(=O)C(F)(F)F)c(O)c2ccc3c4ccccc4sc3c21.O=P(c1ccccc1)(c1ccccc1)c1ccccc1Oc1ccccc1P(=O)(c1ccccc1)c1ccccc1.[Eu]. The molecule has 68 heavy (non-hydrogen) atoms. The molecule has 0 unspecified atom stereocenters. The molecule has 2 heterocycles. The van der Waals surface area contributed by atoms with Crippen LogP contribution in [-0.2, 0) is 16.2 Å². The summed E-state index contributed by atoms with van der Waals surface area (Å²) in [6.07, 6.45) is -5.25. The Hall–Kier alpha value is -5.71. The second-order valence-electron chi connectivity index (χ2n) is 15.4. The van der Waals surface area contributed by atoms with E-state index in [9.17, 15) is 27.9 Å². The van der Waals surface area contributed by atoms with Crippen molar-refractivity contribution in [3.63, 3.8) is 0 Å². The van der Waals surface area contributed by atoms with Gasteiger partial charge in [-0.2, -0.15) is 13.2 Å². The summed E-state index contributed by atoms with van der Waals surface area (Å²) in [6, 6.07) is 63.6. The fourth-order valence-corrected chi connectivity index (χ4v) is 15.1. The summed E-state index contributed by atoms with van der Waals surface area (Å²) in [5.74, 6) is -2.37. The van der Waals surface area contributed by atoms with E-state index in [0.29, 0.717) is 32.3 Å². The number of Topliss-reactive ketones (excluding diaryl/α,β-unsaturated/α-hetero) is 1. The van der Waals surface area contributed by atoms with Crippen LogP contribution in [0.4, 0.5) is 13.2 Å². The van der Waals surface area contributed by atoms with Crippen molar-refractivity contribution >= 4 is 94.3 Å². The largest absolute Gasteiger partial charge is 0.506 e. The first-order valence-corrected chi connectivity index (χ1v) is 25.1. The van der Waals surface area contributed by atoms with Crippen LogP contribution in [0, 0.1) is 49.4 Å². The number of ether oxygens (including phenoxy) is 1. The second-order valence-corrected chi connectivity index (χ2v) is 22.0. The number of aromatic nitrogens is 1. The summed E-state index contributed by atoms with van der Waals surface area (Å²) in [5.41, 5.74) is -2.14. The molecule has 0 aliphatic carbocycles. The van der Waals surface area contributed by atoms with E-state index in [1.165, 1.54) is 24.5 Å². The number of ketones is 1. The molecule has 0 amide bonds. The summed E-state index contributed by atoms with van der Waals surface area (Å²) < 4.78 is 78.1. The zero-order valence-corrected chi connectivity index (χ0v) is 40.9. The molecule has 0 bridgehead atoms. The van der Waals surface area contributed by atoms with Gasteiger partial charge in [0.15, 0.2) is 14.3 Å². The smallest absolute Gasteiger partial charge is 0.455 e. The number of hydrogen-bond acceptors (Lipinski definition) is 7. The van der Waals surface area contributed by atoms with Crippen molar-refractivity contribution in [2.24, 2.45) is 7.05 Å². The molecule has 7 nitrogen and oxygen atoms in total. The molecule has 8 aromatic carbocycles. The molecule has 0 saturated heterocycles. The number of carbonyl (C=O) groups excluding carboxylic acids is 1. The Morgan fingerprint density at radius 3 is 1.37 bits per heavy atom. The van der Waals surface area contributed by atoms with E-state index in [4.69, 9.17) is 4.74 Å². The Morgan fingerprint density at radius 1 is 0.544 bits per heavy atom. The van der Waals surface area contributed by atoms with Crippen LogP contribution in [0.3, 0.4) is 0 Å². The quantitative estimate of drug-likeness (QED) is 0.114. The number of aryl methyl sites for hydroxylation is 1. The van der Waals surface area contributed by atoms with Gasteiger partial charge in [-0.1, -0.05) is 170 Å². The molecule has 2 aromatic heterocycles. The van der Waals surface area contributed by atoms with Crippen molar-refractivity contribution in [3.05, 3.63) is 222 Å². The molecule has 0 fully saturated rings. The molecule has 14 heteroatoms. The van der Waals surface area contributed by atoms with Crippen LogP contribution in [-0.4, -0.2) is 21.6 Å². The number of alkyl halides is 3. The maximum Gasteiger partial charge on any atom is 0.455 e. The molecule has 10 aromatic rings. The summed E-state index contributed by atoms with van der Waals surface area (Å²) in [5, 5.41) is 16.1. The maximum absolute atomic E-state index is 15.2. The van der Waals surface area contributed by atoms with E-state index in [1.54, 1.807) is 6.07 Å². The van der Waals surface area contributed by atoms with Gasteiger partial charge >= 0.3 is 6.18 Å². The topological polar surface area (TPSA) is 103 Å². The normalized spacial score (nSPS) is 11.7. The molecule has 1 radical (unpaired) electrons. The van der Waals surface area contributed by atoms with E-state index in [-0.39, 0.29) is 54.8 Å². The van der Waals surface area contributed by atoms with Crippen LogP contribution in [0.2, 0.25) is 0 Å². The maximum atomic E-state index is 15.2. The van der Waals surface area contributed by atoms with Gasteiger partial charge < -0.3 is 23.5 Å². The third kappa shape index (κ3) is 8.90. The van der Waals surface area contributed by atoms with Crippen molar-refractivity contribution in [2.45, 2.75) is 6.18 Å². The van der Waals surface area contributed by atoms with E-state index in [2.05, 4.69) is 0 Å². The average molecular weight is 1100 g/mol. The molecule has 339 valence electrons. The van der Waals surface area contributed by atoms with Gasteiger partial charge in [-0.05, 0) is 36.4 Å². The molecular formula is C54H38EuF3NO6P2S. The summed E-state index contributed by atoms with van der Waals surface area (Å²) in [6.45, 7) is 0. The number of rotatable bonds is 9. The Labute approximate surface area is 433 Å². The van der Waals surface area contributed by atoms with Crippen molar-refractivity contribution in [2.75, 3.05) is 0 Å². The summed E-state index contributed by atoms with van der Waals surface area (Å²) in [4.78, 5) is 24.0. The van der Waals surface area contributed by atoms with Crippen LogP contribution < -0.4 is 42.1 Å². The van der Waals surface area contributed by atoms with Gasteiger partial charge in [0.1, 0.15) is 22.8 Å². The number of fused-ring (bicyclic) bond motifs is 5. The summed E-state index contributed by atoms with van der Waals surface area (Å²) >= 11 is 1.36. The minimum Gasteiger partial charge on any atom is -0.506 e. The minimum absolute atomic E-state index is 0. The monoisotopic (exact) mass is 1100 g/mol. The zero-order chi connectivity index (χ0) is 46.9. The molecule has 0 spiro atoms. The number of benzene rings is 8. The molecule has 1 N–H and O–H groups in total. The fraction of sp³-hybridized carbons (Fsp3) is 0.0370. The van der Waals surface area contributed by atoms with E-state index >= 15 is 9.13 Å². The van der Waals surface area contributed by atoms with Gasteiger partial charge in [-0.25, -0.2) is 0 Å². The van der Waals surface area contributed by atoms with Gasteiger partial charge in [-0.15, -0.1) is 11.3 Å². The molecular weight excluding hydrogens is 1060 g/mol. The van der Waals surface area contributed by atoms with Crippen LogP contribution in [0.15, 0.2) is 211 Å². The van der Waals surface area contributed by atoms with Crippen molar-refractivity contribution < 1.29 is 86.3 Å². The first-order valence-electron chi connectivity index (χ1n) is 20.9. The average Bonchev–Trinajstić information content (AvgIpc) is 3.75. The minimum atomic E-state index is -5.25. The van der Waals surface area contributed by atoms with E-state index in [0.717, 1.165) is 41.3 Å².